The van der Waals surface area contributed by atoms with E-state index in [4.69, 9.17) is 4.74 Å². The minimum absolute atomic E-state index is 0.248. The average Bonchev–Trinajstić information content (AvgIpc) is 2.45. The first-order chi connectivity index (χ1) is 9.58. The van der Waals surface area contributed by atoms with Gasteiger partial charge in [0, 0.05) is 25.8 Å². The summed E-state index contributed by atoms with van der Waals surface area (Å²) in [5.41, 5.74) is -0.641. The summed E-state index contributed by atoms with van der Waals surface area (Å²) in [6.45, 7) is 1.72. The van der Waals surface area contributed by atoms with E-state index in [1.807, 2.05) is 0 Å². The van der Waals surface area contributed by atoms with Crippen molar-refractivity contribution in [2.45, 2.75) is 12.8 Å². The molecule has 0 spiro atoms. The second kappa shape index (κ2) is 6.42. The van der Waals surface area contributed by atoms with Crippen LogP contribution in [0.4, 0.5) is 10.1 Å². The van der Waals surface area contributed by atoms with Crippen LogP contribution in [0.3, 0.4) is 0 Å². The fourth-order valence-corrected chi connectivity index (χ4v) is 2.13. The van der Waals surface area contributed by atoms with E-state index >= 15 is 0 Å². The normalized spacial score (nSPS) is 15.8. The molecule has 20 heavy (non-hydrogen) atoms. The number of benzene rings is 1. The largest absolute Gasteiger partial charge is 0.381 e. The standard InChI is InChI=1S/C13H15FN2O4/c14-10-1-2-12(16(18)19)11(7-10)13(17)15-8-9-3-5-20-6-4-9/h1-2,7,9H,3-6,8H2,(H,15,17). The first kappa shape index (κ1) is 14.4. The summed E-state index contributed by atoms with van der Waals surface area (Å²) in [5, 5.41) is 13.5. The van der Waals surface area contributed by atoms with Crippen molar-refractivity contribution < 1.29 is 18.8 Å². The number of halogens is 1. The third-order valence-corrected chi connectivity index (χ3v) is 3.29. The highest BCUT2D eigenvalue weighted by atomic mass is 19.1. The summed E-state index contributed by atoms with van der Waals surface area (Å²) in [7, 11) is 0. The molecule has 0 unspecified atom stereocenters. The van der Waals surface area contributed by atoms with Crippen LogP contribution in [0.25, 0.3) is 0 Å². The zero-order chi connectivity index (χ0) is 14.5. The third-order valence-electron chi connectivity index (χ3n) is 3.29. The number of carbonyl (C=O) groups excluding carboxylic acids is 1. The molecular weight excluding hydrogens is 267 g/mol. The first-order valence-electron chi connectivity index (χ1n) is 6.38. The molecule has 108 valence electrons. The summed E-state index contributed by atoms with van der Waals surface area (Å²) in [6, 6.07) is 2.85. The van der Waals surface area contributed by atoms with Gasteiger partial charge < -0.3 is 10.1 Å². The third kappa shape index (κ3) is 3.51. The molecular formula is C13H15FN2O4. The van der Waals surface area contributed by atoms with Crippen LogP contribution in [0.5, 0.6) is 0 Å². The molecule has 1 N–H and O–H groups in total. The topological polar surface area (TPSA) is 81.5 Å². The van der Waals surface area contributed by atoms with Crippen LogP contribution >= 0.6 is 0 Å². The van der Waals surface area contributed by atoms with Crippen molar-refractivity contribution >= 4 is 11.6 Å². The van der Waals surface area contributed by atoms with E-state index in [0.29, 0.717) is 25.7 Å². The van der Waals surface area contributed by atoms with E-state index in [9.17, 15) is 19.3 Å². The Bertz CT molecular complexity index is 515. The lowest BCUT2D eigenvalue weighted by molar-refractivity contribution is -0.385. The Balaban J connectivity index is 2.04. The minimum Gasteiger partial charge on any atom is -0.381 e. The lowest BCUT2D eigenvalue weighted by Gasteiger charge is -2.22. The number of ether oxygens (including phenoxy) is 1. The van der Waals surface area contributed by atoms with E-state index in [-0.39, 0.29) is 5.56 Å². The number of nitrogens with one attached hydrogen (secondary N) is 1. The van der Waals surface area contributed by atoms with Gasteiger partial charge in [-0.15, -0.1) is 0 Å². The van der Waals surface area contributed by atoms with E-state index < -0.39 is 22.3 Å². The maximum atomic E-state index is 13.1. The number of hydrogen-bond acceptors (Lipinski definition) is 4. The highest BCUT2D eigenvalue weighted by Crippen LogP contribution is 2.20. The lowest BCUT2D eigenvalue weighted by atomic mass is 10.0. The van der Waals surface area contributed by atoms with Gasteiger partial charge in [0.2, 0.25) is 0 Å². The molecule has 1 aliphatic heterocycles. The molecule has 2 rings (SSSR count). The summed E-state index contributed by atoms with van der Waals surface area (Å²) < 4.78 is 18.4. The smallest absolute Gasteiger partial charge is 0.282 e. The number of nitrogens with zero attached hydrogens (tertiary/aromatic N) is 1. The van der Waals surface area contributed by atoms with Gasteiger partial charge in [0.15, 0.2) is 0 Å². The number of amides is 1. The molecule has 0 bridgehead atoms. The van der Waals surface area contributed by atoms with E-state index in [2.05, 4.69) is 5.32 Å². The Morgan fingerprint density at radius 3 is 2.80 bits per heavy atom. The van der Waals surface area contributed by atoms with Crippen LogP contribution in [-0.4, -0.2) is 30.6 Å². The summed E-state index contributed by atoms with van der Waals surface area (Å²) in [4.78, 5) is 22.1. The summed E-state index contributed by atoms with van der Waals surface area (Å²) in [6.07, 6.45) is 1.68. The zero-order valence-corrected chi connectivity index (χ0v) is 10.8. The van der Waals surface area contributed by atoms with E-state index in [0.717, 1.165) is 31.0 Å². The maximum absolute atomic E-state index is 13.1. The Labute approximate surface area is 115 Å². The van der Waals surface area contributed by atoms with Gasteiger partial charge in [-0.05, 0) is 30.9 Å². The van der Waals surface area contributed by atoms with Crippen LogP contribution in [0.15, 0.2) is 18.2 Å². The quantitative estimate of drug-likeness (QED) is 0.675. The molecule has 0 radical (unpaired) electrons. The van der Waals surface area contributed by atoms with Crippen molar-refractivity contribution in [3.63, 3.8) is 0 Å². The van der Waals surface area contributed by atoms with Crippen molar-refractivity contribution in [3.8, 4) is 0 Å². The predicted octanol–water partition coefficient (Wildman–Crippen LogP) is 1.89. The van der Waals surface area contributed by atoms with Crippen molar-refractivity contribution in [1.29, 1.82) is 0 Å². The lowest BCUT2D eigenvalue weighted by Crippen LogP contribution is -2.32. The summed E-state index contributed by atoms with van der Waals surface area (Å²) in [5.74, 6) is -1.00. The van der Waals surface area contributed by atoms with Gasteiger partial charge in [-0.3, -0.25) is 14.9 Å². The van der Waals surface area contributed by atoms with Crippen LogP contribution in [0.1, 0.15) is 23.2 Å². The van der Waals surface area contributed by atoms with Crippen molar-refractivity contribution in [1.82, 2.24) is 5.32 Å². The van der Waals surface area contributed by atoms with Gasteiger partial charge in [0.25, 0.3) is 11.6 Å². The van der Waals surface area contributed by atoms with Gasteiger partial charge >= 0.3 is 0 Å². The molecule has 1 aromatic rings. The summed E-state index contributed by atoms with van der Waals surface area (Å²) >= 11 is 0. The van der Waals surface area contributed by atoms with E-state index in [1.54, 1.807) is 0 Å². The van der Waals surface area contributed by atoms with Crippen LogP contribution in [0, 0.1) is 21.8 Å². The van der Waals surface area contributed by atoms with Gasteiger partial charge in [0.1, 0.15) is 11.4 Å². The second-order valence-corrected chi connectivity index (χ2v) is 4.68. The van der Waals surface area contributed by atoms with Crippen molar-refractivity contribution in [2.75, 3.05) is 19.8 Å². The predicted molar refractivity (Wildman–Crippen MR) is 68.9 cm³/mol. The molecule has 7 heteroatoms. The number of nitro groups is 1. The molecule has 1 heterocycles. The Morgan fingerprint density at radius 2 is 2.15 bits per heavy atom. The highest BCUT2D eigenvalue weighted by Gasteiger charge is 2.22. The molecule has 1 saturated heterocycles. The fraction of sp³-hybridized carbons (Fsp3) is 0.462. The Kier molecular flexibility index (Phi) is 4.62. The first-order valence-corrected chi connectivity index (χ1v) is 6.38. The van der Waals surface area contributed by atoms with Crippen LogP contribution in [0.2, 0.25) is 0 Å². The molecule has 6 nitrogen and oxygen atoms in total. The number of nitro benzene ring substituents is 1. The monoisotopic (exact) mass is 282 g/mol. The van der Waals surface area contributed by atoms with Crippen LogP contribution in [-0.2, 0) is 4.74 Å². The van der Waals surface area contributed by atoms with Gasteiger partial charge in [0.05, 0.1) is 4.92 Å². The number of hydrogen-bond donors (Lipinski definition) is 1. The molecule has 0 atom stereocenters. The molecule has 0 aliphatic carbocycles. The Morgan fingerprint density at radius 1 is 1.45 bits per heavy atom. The maximum Gasteiger partial charge on any atom is 0.282 e. The van der Waals surface area contributed by atoms with Crippen molar-refractivity contribution in [2.24, 2.45) is 5.92 Å². The zero-order valence-electron chi connectivity index (χ0n) is 10.8. The van der Waals surface area contributed by atoms with E-state index in [1.165, 1.54) is 0 Å². The van der Waals surface area contributed by atoms with Gasteiger partial charge in [-0.2, -0.15) is 0 Å². The molecule has 1 aliphatic rings. The SMILES string of the molecule is O=C(NCC1CCOCC1)c1cc(F)ccc1[N+](=O)[O-]. The molecule has 1 amide bonds. The number of carbonyl (C=O) groups is 1. The molecule has 1 fully saturated rings. The molecule has 0 saturated carbocycles. The van der Waals surface area contributed by atoms with Crippen LogP contribution < -0.4 is 5.32 Å². The second-order valence-electron chi connectivity index (χ2n) is 4.68. The minimum atomic E-state index is -0.692. The fourth-order valence-electron chi connectivity index (χ4n) is 2.13. The Hall–Kier alpha value is -2.02. The molecule has 0 aromatic heterocycles. The van der Waals surface area contributed by atoms with Gasteiger partial charge in [-0.25, -0.2) is 4.39 Å². The van der Waals surface area contributed by atoms with Gasteiger partial charge in [-0.1, -0.05) is 0 Å². The molecule has 1 aromatic carbocycles. The number of rotatable bonds is 4. The average molecular weight is 282 g/mol. The highest BCUT2D eigenvalue weighted by molar-refractivity contribution is 5.98. The van der Waals surface area contributed by atoms with Crippen molar-refractivity contribution in [3.05, 3.63) is 39.7 Å².